The Labute approximate surface area is 92.1 Å². The van der Waals surface area contributed by atoms with Crippen LogP contribution in [-0.4, -0.2) is 12.2 Å². The van der Waals surface area contributed by atoms with Crippen molar-refractivity contribution in [2.45, 2.75) is 13.5 Å². The van der Waals surface area contributed by atoms with Gasteiger partial charge in [-0.1, -0.05) is 0 Å². The molecule has 2 rings (SSSR count). The van der Waals surface area contributed by atoms with Crippen LogP contribution >= 0.6 is 11.3 Å². The zero-order valence-corrected chi connectivity index (χ0v) is 9.52. The van der Waals surface area contributed by atoms with Crippen molar-refractivity contribution in [2.75, 3.05) is 12.8 Å². The summed E-state index contributed by atoms with van der Waals surface area (Å²) in [5, 5.41) is 10.2. The molecule has 3 nitrogen and oxygen atoms in total. The summed E-state index contributed by atoms with van der Waals surface area (Å²) in [6.07, 6.45) is 0. The number of aliphatic hydroxyl groups excluding tert-OH is 1. The minimum absolute atomic E-state index is 0.0624. The van der Waals surface area contributed by atoms with Gasteiger partial charge in [0.2, 0.25) is 0 Å². The van der Waals surface area contributed by atoms with Crippen molar-refractivity contribution in [3.8, 4) is 5.75 Å². The van der Waals surface area contributed by atoms with Crippen LogP contribution in [-0.2, 0) is 6.61 Å². The lowest BCUT2D eigenvalue weighted by Crippen LogP contribution is -1.93. The molecule has 1 aromatic heterocycles. The summed E-state index contributed by atoms with van der Waals surface area (Å²) < 4.78 is 6.26. The fourth-order valence-electron chi connectivity index (χ4n) is 1.73. The molecule has 0 aliphatic heterocycles. The number of ether oxygens (including phenoxy) is 1. The van der Waals surface area contributed by atoms with E-state index >= 15 is 0 Å². The van der Waals surface area contributed by atoms with Gasteiger partial charge in [-0.2, -0.15) is 0 Å². The zero-order chi connectivity index (χ0) is 11.0. The maximum atomic E-state index is 9.18. The molecule has 80 valence electrons. The number of aryl methyl sites for hydroxylation is 1. The number of hydrogen-bond acceptors (Lipinski definition) is 4. The molecular weight excluding hydrogens is 210 g/mol. The number of thiophene rings is 1. The highest BCUT2D eigenvalue weighted by atomic mass is 32.1. The van der Waals surface area contributed by atoms with Gasteiger partial charge in [0.15, 0.2) is 0 Å². The van der Waals surface area contributed by atoms with Crippen LogP contribution in [0.2, 0.25) is 0 Å². The summed E-state index contributed by atoms with van der Waals surface area (Å²) >= 11 is 1.57. The van der Waals surface area contributed by atoms with Gasteiger partial charge in [0, 0.05) is 15.0 Å². The Bertz CT molecular complexity index is 503. The molecule has 0 saturated heterocycles. The van der Waals surface area contributed by atoms with Crippen molar-refractivity contribution in [3.63, 3.8) is 0 Å². The first-order chi connectivity index (χ1) is 7.19. The molecule has 15 heavy (non-hydrogen) atoms. The third-order valence-electron chi connectivity index (χ3n) is 2.56. The standard InChI is InChI=1S/C11H13NO2S/c1-6-9(5-13)15-8-4-3-7(14-2)11(12)10(6)8/h3-4,13H,5,12H2,1-2H3. The maximum absolute atomic E-state index is 9.18. The van der Waals surface area contributed by atoms with Crippen molar-refractivity contribution in [1.29, 1.82) is 0 Å². The second-order valence-corrected chi connectivity index (χ2v) is 4.50. The van der Waals surface area contributed by atoms with Gasteiger partial charge in [-0.05, 0) is 24.6 Å². The van der Waals surface area contributed by atoms with Crippen molar-refractivity contribution in [3.05, 3.63) is 22.6 Å². The van der Waals surface area contributed by atoms with Crippen molar-refractivity contribution < 1.29 is 9.84 Å². The van der Waals surface area contributed by atoms with Gasteiger partial charge in [-0.3, -0.25) is 0 Å². The lowest BCUT2D eigenvalue weighted by molar-refractivity contribution is 0.285. The number of hydrogen-bond donors (Lipinski definition) is 2. The second-order valence-electron chi connectivity index (χ2n) is 3.36. The normalized spacial score (nSPS) is 10.9. The van der Waals surface area contributed by atoms with Crippen LogP contribution in [0.15, 0.2) is 12.1 Å². The van der Waals surface area contributed by atoms with Crippen LogP contribution in [0.25, 0.3) is 10.1 Å². The minimum Gasteiger partial charge on any atom is -0.495 e. The van der Waals surface area contributed by atoms with Gasteiger partial charge in [0.1, 0.15) is 5.75 Å². The van der Waals surface area contributed by atoms with E-state index in [1.54, 1.807) is 18.4 Å². The van der Waals surface area contributed by atoms with Crippen LogP contribution in [0, 0.1) is 6.92 Å². The van der Waals surface area contributed by atoms with E-state index in [0.29, 0.717) is 11.4 Å². The van der Waals surface area contributed by atoms with Crippen molar-refractivity contribution in [1.82, 2.24) is 0 Å². The van der Waals surface area contributed by atoms with E-state index in [-0.39, 0.29) is 6.61 Å². The summed E-state index contributed by atoms with van der Waals surface area (Å²) in [5.41, 5.74) is 7.70. The summed E-state index contributed by atoms with van der Waals surface area (Å²) in [7, 11) is 1.60. The number of methoxy groups -OCH3 is 1. The van der Waals surface area contributed by atoms with E-state index in [0.717, 1.165) is 20.5 Å². The second kappa shape index (κ2) is 3.72. The van der Waals surface area contributed by atoms with Crippen LogP contribution in [0.5, 0.6) is 5.75 Å². The Morgan fingerprint density at radius 2 is 2.20 bits per heavy atom. The molecule has 0 fully saturated rings. The SMILES string of the molecule is COc1ccc2sc(CO)c(C)c2c1N. The average molecular weight is 223 g/mol. The number of anilines is 1. The highest BCUT2D eigenvalue weighted by Crippen LogP contribution is 2.38. The van der Waals surface area contributed by atoms with E-state index in [9.17, 15) is 5.11 Å². The van der Waals surface area contributed by atoms with Crippen LogP contribution < -0.4 is 10.5 Å². The summed E-state index contributed by atoms with van der Waals surface area (Å²) in [5.74, 6) is 0.688. The van der Waals surface area contributed by atoms with Crippen LogP contribution in [0.4, 0.5) is 5.69 Å². The molecule has 0 atom stereocenters. The molecular formula is C11H13NO2S. The first-order valence-electron chi connectivity index (χ1n) is 4.64. The molecule has 0 aliphatic carbocycles. The first-order valence-corrected chi connectivity index (χ1v) is 5.46. The van der Waals surface area contributed by atoms with Crippen molar-refractivity contribution in [2.24, 2.45) is 0 Å². The van der Waals surface area contributed by atoms with Gasteiger partial charge < -0.3 is 15.6 Å². The number of nitrogen functional groups attached to an aromatic ring is 1. The molecule has 0 amide bonds. The van der Waals surface area contributed by atoms with E-state index < -0.39 is 0 Å². The molecule has 1 heterocycles. The van der Waals surface area contributed by atoms with Gasteiger partial charge in [-0.25, -0.2) is 0 Å². The summed E-state index contributed by atoms with van der Waals surface area (Å²) in [4.78, 5) is 0.963. The number of nitrogens with two attached hydrogens (primary N) is 1. The van der Waals surface area contributed by atoms with E-state index in [1.165, 1.54) is 0 Å². The number of rotatable bonds is 2. The molecule has 0 radical (unpaired) electrons. The smallest absolute Gasteiger partial charge is 0.142 e. The lowest BCUT2D eigenvalue weighted by Gasteiger charge is -2.05. The molecule has 2 aromatic rings. The Kier molecular flexibility index (Phi) is 2.54. The Morgan fingerprint density at radius 1 is 1.47 bits per heavy atom. The Morgan fingerprint density at radius 3 is 2.80 bits per heavy atom. The highest BCUT2D eigenvalue weighted by molar-refractivity contribution is 7.19. The zero-order valence-electron chi connectivity index (χ0n) is 8.70. The molecule has 0 aliphatic rings. The monoisotopic (exact) mass is 223 g/mol. The van der Waals surface area contributed by atoms with Gasteiger partial charge in [0.25, 0.3) is 0 Å². The molecule has 0 bridgehead atoms. The third kappa shape index (κ3) is 1.46. The summed E-state index contributed by atoms with van der Waals surface area (Å²) in [6.45, 7) is 2.03. The fraction of sp³-hybridized carbons (Fsp3) is 0.273. The molecule has 0 unspecified atom stereocenters. The largest absolute Gasteiger partial charge is 0.495 e. The fourth-order valence-corrected chi connectivity index (χ4v) is 2.82. The van der Waals surface area contributed by atoms with E-state index in [1.807, 2.05) is 19.1 Å². The first kappa shape index (κ1) is 10.3. The van der Waals surface area contributed by atoms with Crippen LogP contribution in [0.3, 0.4) is 0 Å². The Hall–Kier alpha value is -1.26. The maximum Gasteiger partial charge on any atom is 0.142 e. The van der Waals surface area contributed by atoms with Crippen molar-refractivity contribution >= 4 is 27.1 Å². The van der Waals surface area contributed by atoms with Gasteiger partial charge in [-0.15, -0.1) is 11.3 Å². The predicted molar refractivity (Wildman–Crippen MR) is 63.4 cm³/mol. The Balaban J connectivity index is 2.79. The predicted octanol–water partition coefficient (Wildman–Crippen LogP) is 2.29. The quantitative estimate of drug-likeness (QED) is 0.768. The minimum atomic E-state index is 0.0624. The highest BCUT2D eigenvalue weighted by Gasteiger charge is 2.12. The molecule has 0 saturated carbocycles. The number of fused-ring (bicyclic) bond motifs is 1. The lowest BCUT2D eigenvalue weighted by atomic mass is 10.1. The topological polar surface area (TPSA) is 55.5 Å². The van der Waals surface area contributed by atoms with Gasteiger partial charge in [0.05, 0.1) is 19.4 Å². The third-order valence-corrected chi connectivity index (χ3v) is 3.80. The molecule has 0 spiro atoms. The number of aliphatic hydroxyl groups is 1. The van der Waals surface area contributed by atoms with E-state index in [4.69, 9.17) is 10.5 Å². The summed E-state index contributed by atoms with van der Waals surface area (Å²) in [6, 6.07) is 3.83. The van der Waals surface area contributed by atoms with Gasteiger partial charge >= 0.3 is 0 Å². The molecule has 1 aromatic carbocycles. The molecule has 3 N–H and O–H groups in total. The van der Waals surface area contributed by atoms with E-state index in [2.05, 4.69) is 0 Å². The number of benzene rings is 1. The van der Waals surface area contributed by atoms with Crippen LogP contribution in [0.1, 0.15) is 10.4 Å². The molecule has 4 heteroatoms. The average Bonchev–Trinajstić information content (AvgIpc) is 2.57.